The summed E-state index contributed by atoms with van der Waals surface area (Å²) in [5, 5.41) is 4.23. The topological polar surface area (TPSA) is 21.3 Å². The molecule has 2 nitrogen and oxygen atoms in total. The monoisotopic (exact) mass is 295 g/mol. The van der Waals surface area contributed by atoms with Gasteiger partial charge >= 0.3 is 0 Å². The largest absolute Gasteiger partial charge is 0.493 e. The summed E-state index contributed by atoms with van der Waals surface area (Å²) in [5.41, 5.74) is 1.10. The molecule has 1 rings (SSSR count). The van der Waals surface area contributed by atoms with Crippen LogP contribution < -0.4 is 10.1 Å². The third-order valence-corrected chi connectivity index (χ3v) is 3.56. The first-order valence-electron chi connectivity index (χ1n) is 7.42. The second-order valence-electron chi connectivity index (χ2n) is 5.06. The van der Waals surface area contributed by atoms with Gasteiger partial charge in [0.25, 0.3) is 0 Å². The second-order valence-corrected chi connectivity index (χ2v) is 5.50. The molecule has 0 heterocycles. The minimum Gasteiger partial charge on any atom is -0.493 e. The van der Waals surface area contributed by atoms with Gasteiger partial charge in [0.2, 0.25) is 0 Å². The first kappa shape index (κ1) is 17.1. The quantitative estimate of drug-likeness (QED) is 0.502. The Morgan fingerprint density at radius 2 is 2.20 bits per heavy atom. The van der Waals surface area contributed by atoms with Gasteiger partial charge in [0.05, 0.1) is 6.61 Å². The van der Waals surface area contributed by atoms with Crippen LogP contribution in [0.3, 0.4) is 0 Å². The lowest BCUT2D eigenvalue weighted by atomic mass is 10.1. The first-order valence-corrected chi connectivity index (χ1v) is 7.80. The number of hydrogen-bond acceptors (Lipinski definition) is 2. The van der Waals surface area contributed by atoms with E-state index in [1.54, 1.807) is 0 Å². The van der Waals surface area contributed by atoms with Gasteiger partial charge in [0, 0.05) is 11.1 Å². The van der Waals surface area contributed by atoms with Gasteiger partial charge < -0.3 is 10.1 Å². The number of unbranched alkanes of at least 4 members (excludes halogenated alkanes) is 1. The van der Waals surface area contributed by atoms with Crippen LogP contribution >= 0.6 is 11.6 Å². The van der Waals surface area contributed by atoms with Crippen molar-refractivity contribution < 1.29 is 4.74 Å². The number of ether oxygens (including phenoxy) is 1. The van der Waals surface area contributed by atoms with Gasteiger partial charge in [-0.1, -0.05) is 24.6 Å². The highest BCUT2D eigenvalue weighted by Crippen LogP contribution is 2.23. The Balaban J connectivity index is 2.29. The van der Waals surface area contributed by atoms with Crippen molar-refractivity contribution in [2.24, 2.45) is 0 Å². The van der Waals surface area contributed by atoms with E-state index >= 15 is 0 Å². The van der Waals surface area contributed by atoms with Gasteiger partial charge in [-0.05, 0) is 62.9 Å². The van der Waals surface area contributed by atoms with Crippen molar-refractivity contribution in [2.45, 2.75) is 45.6 Å². The van der Waals surface area contributed by atoms with Gasteiger partial charge in [-0.3, -0.25) is 0 Å². The molecule has 0 aliphatic rings. The lowest BCUT2D eigenvalue weighted by Crippen LogP contribution is -2.26. The number of nitrogens with one attached hydrogen (secondary N) is 1. The Bertz CT molecular complexity index is 406. The molecule has 0 bridgehead atoms. The molecule has 1 N–H and O–H groups in total. The van der Waals surface area contributed by atoms with Crippen LogP contribution in [0.25, 0.3) is 0 Å². The summed E-state index contributed by atoms with van der Waals surface area (Å²) in [6.45, 7) is 9.97. The summed E-state index contributed by atoms with van der Waals surface area (Å²) < 4.78 is 5.84. The third kappa shape index (κ3) is 6.44. The summed E-state index contributed by atoms with van der Waals surface area (Å²) in [6.07, 6.45) is 6.01. The number of rotatable bonds is 10. The lowest BCUT2D eigenvalue weighted by molar-refractivity contribution is 0.302. The van der Waals surface area contributed by atoms with Gasteiger partial charge in [-0.15, -0.1) is 6.58 Å². The zero-order chi connectivity index (χ0) is 14.8. The first-order chi connectivity index (χ1) is 9.67. The summed E-state index contributed by atoms with van der Waals surface area (Å²) in [6, 6.07) is 6.36. The van der Waals surface area contributed by atoms with Crippen LogP contribution in [0.15, 0.2) is 30.9 Å². The molecule has 1 aromatic carbocycles. The Hall–Kier alpha value is -0.990. The summed E-state index contributed by atoms with van der Waals surface area (Å²) in [7, 11) is 0. The third-order valence-electron chi connectivity index (χ3n) is 3.32. The number of allylic oxidation sites excluding steroid dienone is 1. The van der Waals surface area contributed by atoms with Crippen LogP contribution in [0.5, 0.6) is 5.75 Å². The fraction of sp³-hybridized carbons (Fsp3) is 0.529. The number of benzene rings is 1. The summed E-state index contributed by atoms with van der Waals surface area (Å²) in [5.74, 6) is 0.921. The van der Waals surface area contributed by atoms with E-state index in [9.17, 15) is 0 Å². The zero-order valence-corrected chi connectivity index (χ0v) is 13.4. The van der Waals surface area contributed by atoms with Crippen molar-refractivity contribution in [1.29, 1.82) is 0 Å². The SMILES string of the molecule is C=CCc1cc(Cl)ccc1OCCCCN[C@@H](C)CC. The molecule has 0 unspecified atom stereocenters. The summed E-state index contributed by atoms with van der Waals surface area (Å²) >= 11 is 6.00. The predicted molar refractivity (Wildman–Crippen MR) is 87.8 cm³/mol. The van der Waals surface area contributed by atoms with Crippen molar-refractivity contribution in [3.05, 3.63) is 41.4 Å². The molecule has 0 aliphatic heterocycles. The molecule has 0 saturated carbocycles. The standard InChI is InChI=1S/C17H26ClNO/c1-4-8-15-13-16(18)9-10-17(15)20-12-7-6-11-19-14(3)5-2/h4,9-10,13-14,19H,1,5-8,11-12H2,2-3H3/t14-/m0/s1. The molecule has 0 radical (unpaired) electrons. The molecular formula is C17H26ClNO. The van der Waals surface area contributed by atoms with Crippen molar-refractivity contribution in [3.63, 3.8) is 0 Å². The predicted octanol–water partition coefficient (Wildman–Crippen LogP) is 4.62. The van der Waals surface area contributed by atoms with Gasteiger partial charge in [0.1, 0.15) is 5.75 Å². The van der Waals surface area contributed by atoms with E-state index in [0.717, 1.165) is 48.7 Å². The van der Waals surface area contributed by atoms with Crippen molar-refractivity contribution in [2.75, 3.05) is 13.2 Å². The van der Waals surface area contributed by atoms with Crippen LogP contribution in [0.1, 0.15) is 38.7 Å². The van der Waals surface area contributed by atoms with Crippen molar-refractivity contribution in [1.82, 2.24) is 5.32 Å². The molecule has 112 valence electrons. The average molecular weight is 296 g/mol. The van der Waals surface area contributed by atoms with Crippen LogP contribution in [-0.2, 0) is 6.42 Å². The van der Waals surface area contributed by atoms with Crippen molar-refractivity contribution >= 4 is 11.6 Å². The van der Waals surface area contributed by atoms with E-state index in [1.165, 1.54) is 6.42 Å². The minimum absolute atomic E-state index is 0.603. The number of hydrogen-bond donors (Lipinski definition) is 1. The maximum Gasteiger partial charge on any atom is 0.122 e. The fourth-order valence-electron chi connectivity index (χ4n) is 1.91. The maximum atomic E-state index is 6.00. The van der Waals surface area contributed by atoms with Crippen molar-refractivity contribution in [3.8, 4) is 5.75 Å². The maximum absolute atomic E-state index is 6.00. The van der Waals surface area contributed by atoms with Crippen LogP contribution in [0.4, 0.5) is 0 Å². The van der Waals surface area contributed by atoms with Crippen LogP contribution in [0, 0.1) is 0 Å². The highest BCUT2D eigenvalue weighted by Gasteiger charge is 2.03. The van der Waals surface area contributed by atoms with E-state index in [0.29, 0.717) is 6.04 Å². The van der Waals surface area contributed by atoms with E-state index in [4.69, 9.17) is 16.3 Å². The Morgan fingerprint density at radius 1 is 1.40 bits per heavy atom. The van der Waals surface area contributed by atoms with E-state index in [2.05, 4.69) is 25.7 Å². The van der Waals surface area contributed by atoms with E-state index < -0.39 is 0 Å². The zero-order valence-electron chi connectivity index (χ0n) is 12.6. The highest BCUT2D eigenvalue weighted by atomic mass is 35.5. The molecular weight excluding hydrogens is 270 g/mol. The highest BCUT2D eigenvalue weighted by molar-refractivity contribution is 6.30. The van der Waals surface area contributed by atoms with Gasteiger partial charge in [0.15, 0.2) is 0 Å². The molecule has 1 aromatic rings. The molecule has 0 spiro atoms. The lowest BCUT2D eigenvalue weighted by Gasteiger charge is -2.12. The average Bonchev–Trinajstić information content (AvgIpc) is 2.44. The molecule has 1 atom stereocenters. The molecule has 0 aromatic heterocycles. The molecule has 0 aliphatic carbocycles. The van der Waals surface area contributed by atoms with Crippen LogP contribution in [0.2, 0.25) is 5.02 Å². The smallest absolute Gasteiger partial charge is 0.122 e. The molecule has 0 saturated heterocycles. The minimum atomic E-state index is 0.603. The van der Waals surface area contributed by atoms with Crippen LogP contribution in [-0.4, -0.2) is 19.2 Å². The Labute approximate surface area is 128 Å². The second kappa shape index (κ2) is 9.84. The van der Waals surface area contributed by atoms with Gasteiger partial charge in [-0.25, -0.2) is 0 Å². The number of halogens is 1. The van der Waals surface area contributed by atoms with E-state index in [1.807, 2.05) is 24.3 Å². The normalized spacial score (nSPS) is 12.2. The van der Waals surface area contributed by atoms with E-state index in [-0.39, 0.29) is 0 Å². The molecule has 3 heteroatoms. The Morgan fingerprint density at radius 3 is 2.90 bits per heavy atom. The molecule has 0 amide bonds. The molecule has 20 heavy (non-hydrogen) atoms. The Kier molecular flexibility index (Phi) is 8.40. The molecule has 0 fully saturated rings. The van der Waals surface area contributed by atoms with Gasteiger partial charge in [-0.2, -0.15) is 0 Å². The summed E-state index contributed by atoms with van der Waals surface area (Å²) in [4.78, 5) is 0. The fourth-order valence-corrected chi connectivity index (χ4v) is 2.10.